The van der Waals surface area contributed by atoms with Crippen LogP contribution in [0, 0.1) is 5.92 Å². The number of nitrogen functional groups attached to an aromatic ring is 1. The van der Waals surface area contributed by atoms with Crippen molar-refractivity contribution in [1.82, 2.24) is 4.90 Å². The predicted octanol–water partition coefficient (Wildman–Crippen LogP) is 3.45. The fraction of sp³-hybridized carbons (Fsp3) is 0.588. The van der Waals surface area contributed by atoms with Gasteiger partial charge in [-0.3, -0.25) is 4.79 Å². The van der Waals surface area contributed by atoms with Gasteiger partial charge in [-0.25, -0.2) is 0 Å². The highest BCUT2D eigenvalue weighted by Crippen LogP contribution is 2.35. The second-order valence-corrected chi connectivity index (χ2v) is 6.23. The van der Waals surface area contributed by atoms with Crippen molar-refractivity contribution in [2.45, 2.75) is 51.0 Å². The standard InChI is InChI=1S/C17H24N2O/c18-15-10-8-14(9-11-15)17(20)19-12-4-7-16(19)13-5-2-1-3-6-13/h8-11,13,16H,1-7,12,18H2. The number of likely N-dealkylation sites (tertiary alicyclic amines) is 1. The van der Waals surface area contributed by atoms with E-state index in [1.807, 2.05) is 24.3 Å². The largest absolute Gasteiger partial charge is 0.399 e. The van der Waals surface area contributed by atoms with E-state index in [0.717, 1.165) is 24.4 Å². The Balaban J connectivity index is 1.74. The molecule has 2 aliphatic rings. The molecule has 2 N–H and O–H groups in total. The molecule has 1 heterocycles. The number of benzene rings is 1. The molecule has 3 heteroatoms. The highest BCUT2D eigenvalue weighted by atomic mass is 16.2. The molecule has 1 saturated carbocycles. The van der Waals surface area contributed by atoms with Gasteiger partial charge in [-0.15, -0.1) is 0 Å². The maximum atomic E-state index is 12.7. The van der Waals surface area contributed by atoms with Crippen LogP contribution in [0.5, 0.6) is 0 Å². The monoisotopic (exact) mass is 272 g/mol. The van der Waals surface area contributed by atoms with Gasteiger partial charge in [-0.05, 0) is 55.9 Å². The van der Waals surface area contributed by atoms with E-state index in [1.165, 1.54) is 38.5 Å². The lowest BCUT2D eigenvalue weighted by Crippen LogP contribution is -2.40. The van der Waals surface area contributed by atoms with Crippen LogP contribution in [0.15, 0.2) is 24.3 Å². The number of carbonyl (C=O) groups is 1. The van der Waals surface area contributed by atoms with Gasteiger partial charge in [0.25, 0.3) is 5.91 Å². The second-order valence-electron chi connectivity index (χ2n) is 6.23. The van der Waals surface area contributed by atoms with Crippen LogP contribution in [0.2, 0.25) is 0 Å². The molecule has 0 spiro atoms. The van der Waals surface area contributed by atoms with Crippen molar-refractivity contribution < 1.29 is 4.79 Å². The molecule has 3 nitrogen and oxygen atoms in total. The number of hydrogen-bond donors (Lipinski definition) is 1. The molecule has 1 aliphatic carbocycles. The fourth-order valence-electron chi connectivity index (χ4n) is 3.85. The Kier molecular flexibility index (Phi) is 3.95. The Morgan fingerprint density at radius 1 is 1.00 bits per heavy atom. The molecular formula is C17H24N2O. The van der Waals surface area contributed by atoms with Gasteiger partial charge in [0.15, 0.2) is 0 Å². The summed E-state index contributed by atoms with van der Waals surface area (Å²) >= 11 is 0. The van der Waals surface area contributed by atoms with Crippen LogP contribution in [0.25, 0.3) is 0 Å². The third-order valence-electron chi connectivity index (χ3n) is 4.91. The minimum absolute atomic E-state index is 0.193. The Bertz CT molecular complexity index is 462. The minimum Gasteiger partial charge on any atom is -0.399 e. The van der Waals surface area contributed by atoms with Crippen LogP contribution in [-0.4, -0.2) is 23.4 Å². The van der Waals surface area contributed by atoms with Gasteiger partial charge in [0, 0.05) is 23.8 Å². The molecule has 3 rings (SSSR count). The Morgan fingerprint density at radius 2 is 1.70 bits per heavy atom. The number of nitrogens with zero attached hydrogens (tertiary/aromatic N) is 1. The van der Waals surface area contributed by atoms with E-state index in [0.29, 0.717) is 11.7 Å². The average molecular weight is 272 g/mol. The lowest BCUT2D eigenvalue weighted by Gasteiger charge is -2.34. The molecule has 1 aromatic rings. The molecule has 1 aromatic carbocycles. The summed E-state index contributed by atoms with van der Waals surface area (Å²) in [7, 11) is 0. The van der Waals surface area contributed by atoms with Crippen molar-refractivity contribution >= 4 is 11.6 Å². The average Bonchev–Trinajstić information content (AvgIpc) is 2.97. The predicted molar refractivity (Wildman–Crippen MR) is 81.5 cm³/mol. The maximum absolute atomic E-state index is 12.7. The molecule has 0 radical (unpaired) electrons. The van der Waals surface area contributed by atoms with Crippen molar-refractivity contribution in [2.75, 3.05) is 12.3 Å². The number of anilines is 1. The summed E-state index contributed by atoms with van der Waals surface area (Å²) in [6.07, 6.45) is 8.99. The minimum atomic E-state index is 0.193. The third kappa shape index (κ3) is 2.67. The SMILES string of the molecule is Nc1ccc(C(=O)N2CCCC2C2CCCCC2)cc1. The number of amides is 1. The Morgan fingerprint density at radius 3 is 2.40 bits per heavy atom. The smallest absolute Gasteiger partial charge is 0.254 e. The van der Waals surface area contributed by atoms with E-state index in [1.54, 1.807) is 0 Å². The molecule has 0 bridgehead atoms. The molecule has 1 saturated heterocycles. The lowest BCUT2D eigenvalue weighted by atomic mass is 9.83. The molecule has 20 heavy (non-hydrogen) atoms. The summed E-state index contributed by atoms with van der Waals surface area (Å²) in [5, 5.41) is 0. The third-order valence-corrected chi connectivity index (χ3v) is 4.91. The summed E-state index contributed by atoms with van der Waals surface area (Å²) < 4.78 is 0. The van der Waals surface area contributed by atoms with Crippen molar-refractivity contribution in [3.05, 3.63) is 29.8 Å². The summed E-state index contributed by atoms with van der Waals surface area (Å²) in [4.78, 5) is 14.8. The van der Waals surface area contributed by atoms with E-state index in [2.05, 4.69) is 4.90 Å². The van der Waals surface area contributed by atoms with Gasteiger partial charge in [0.05, 0.1) is 0 Å². The van der Waals surface area contributed by atoms with E-state index < -0.39 is 0 Å². The fourth-order valence-corrected chi connectivity index (χ4v) is 3.85. The summed E-state index contributed by atoms with van der Waals surface area (Å²) in [5.41, 5.74) is 7.19. The zero-order valence-electron chi connectivity index (χ0n) is 12.1. The lowest BCUT2D eigenvalue weighted by molar-refractivity contribution is 0.0661. The van der Waals surface area contributed by atoms with Crippen molar-refractivity contribution in [3.63, 3.8) is 0 Å². The Hall–Kier alpha value is -1.51. The van der Waals surface area contributed by atoms with Crippen LogP contribution in [-0.2, 0) is 0 Å². The first-order valence-corrected chi connectivity index (χ1v) is 7.92. The number of hydrogen-bond acceptors (Lipinski definition) is 2. The number of carbonyl (C=O) groups excluding carboxylic acids is 1. The summed E-state index contributed by atoms with van der Waals surface area (Å²) in [6.45, 7) is 0.921. The molecule has 0 aromatic heterocycles. The number of nitrogens with two attached hydrogens (primary N) is 1. The highest BCUT2D eigenvalue weighted by Gasteiger charge is 2.35. The first-order chi connectivity index (χ1) is 9.75. The first-order valence-electron chi connectivity index (χ1n) is 7.92. The van der Waals surface area contributed by atoms with Gasteiger partial charge in [-0.2, -0.15) is 0 Å². The van der Waals surface area contributed by atoms with Crippen molar-refractivity contribution in [1.29, 1.82) is 0 Å². The zero-order chi connectivity index (χ0) is 13.9. The summed E-state index contributed by atoms with van der Waals surface area (Å²) in [6, 6.07) is 7.82. The van der Waals surface area contributed by atoms with Gasteiger partial charge < -0.3 is 10.6 Å². The van der Waals surface area contributed by atoms with E-state index in [4.69, 9.17) is 5.73 Å². The van der Waals surface area contributed by atoms with Crippen molar-refractivity contribution in [3.8, 4) is 0 Å². The zero-order valence-corrected chi connectivity index (χ0v) is 12.1. The molecule has 1 unspecified atom stereocenters. The second kappa shape index (κ2) is 5.86. The van der Waals surface area contributed by atoms with Crippen molar-refractivity contribution in [2.24, 2.45) is 5.92 Å². The van der Waals surface area contributed by atoms with Gasteiger partial charge >= 0.3 is 0 Å². The molecule has 1 atom stereocenters. The van der Waals surface area contributed by atoms with Crippen LogP contribution in [0.4, 0.5) is 5.69 Å². The molecule has 2 fully saturated rings. The Labute approximate surface area is 121 Å². The highest BCUT2D eigenvalue weighted by molar-refractivity contribution is 5.94. The van der Waals surface area contributed by atoms with Crippen LogP contribution in [0.1, 0.15) is 55.3 Å². The quantitative estimate of drug-likeness (QED) is 0.838. The first kappa shape index (κ1) is 13.5. The normalized spacial score (nSPS) is 24.0. The molecular weight excluding hydrogens is 248 g/mol. The van der Waals surface area contributed by atoms with Gasteiger partial charge in [0.2, 0.25) is 0 Å². The maximum Gasteiger partial charge on any atom is 0.254 e. The van der Waals surface area contributed by atoms with Crippen LogP contribution < -0.4 is 5.73 Å². The molecule has 1 amide bonds. The van der Waals surface area contributed by atoms with E-state index in [9.17, 15) is 4.79 Å². The van der Waals surface area contributed by atoms with Crippen LogP contribution >= 0.6 is 0 Å². The molecule has 108 valence electrons. The summed E-state index contributed by atoms with van der Waals surface area (Å²) in [5.74, 6) is 0.919. The van der Waals surface area contributed by atoms with E-state index in [-0.39, 0.29) is 5.91 Å². The van der Waals surface area contributed by atoms with Crippen LogP contribution in [0.3, 0.4) is 0 Å². The number of rotatable bonds is 2. The van der Waals surface area contributed by atoms with Gasteiger partial charge in [0.1, 0.15) is 0 Å². The van der Waals surface area contributed by atoms with E-state index >= 15 is 0 Å². The van der Waals surface area contributed by atoms with Gasteiger partial charge in [-0.1, -0.05) is 19.3 Å². The molecule has 1 aliphatic heterocycles. The topological polar surface area (TPSA) is 46.3 Å².